The maximum Gasteiger partial charge on any atom is 0.344 e. The van der Waals surface area contributed by atoms with Crippen molar-refractivity contribution in [1.29, 1.82) is 0 Å². The van der Waals surface area contributed by atoms with Crippen LogP contribution in [-0.4, -0.2) is 33.4 Å². The van der Waals surface area contributed by atoms with Gasteiger partial charge in [-0.2, -0.15) is 0 Å². The van der Waals surface area contributed by atoms with E-state index in [0.29, 0.717) is 29.5 Å². The summed E-state index contributed by atoms with van der Waals surface area (Å²) < 4.78 is 20.4. The summed E-state index contributed by atoms with van der Waals surface area (Å²) in [4.78, 5) is 11.2. The zero-order valence-corrected chi connectivity index (χ0v) is 10.7. The molecule has 0 aliphatic rings. The minimum absolute atomic E-state index is 0.218. The fourth-order valence-corrected chi connectivity index (χ4v) is 1.38. The Morgan fingerprint density at radius 2 is 1.78 bits per heavy atom. The summed E-state index contributed by atoms with van der Waals surface area (Å²) in [7, 11) is 2.96. The number of nitrogen functional groups attached to an aromatic ring is 1. The Bertz CT molecular complexity index is 394. The van der Waals surface area contributed by atoms with Crippen LogP contribution in [0.3, 0.4) is 0 Å². The first-order chi connectivity index (χ1) is 8.62. The van der Waals surface area contributed by atoms with Crippen LogP contribution in [-0.2, 0) is 9.53 Å². The zero-order chi connectivity index (χ0) is 13.5. The van der Waals surface area contributed by atoms with Crippen LogP contribution >= 0.6 is 0 Å². The molecule has 0 saturated carbocycles. The van der Waals surface area contributed by atoms with Gasteiger partial charge in [0, 0.05) is 17.8 Å². The normalized spacial score (nSPS) is 9.72. The lowest BCUT2D eigenvalue weighted by atomic mass is 10.2. The van der Waals surface area contributed by atoms with Crippen molar-refractivity contribution in [3.63, 3.8) is 0 Å². The van der Waals surface area contributed by atoms with Crippen LogP contribution in [0.5, 0.6) is 17.2 Å². The summed E-state index contributed by atoms with van der Waals surface area (Å²) in [6.07, 6.45) is 0. The molecule has 1 rings (SSSR count). The molecule has 0 bridgehead atoms. The molecule has 6 nitrogen and oxygen atoms in total. The summed E-state index contributed by atoms with van der Waals surface area (Å²) in [5.74, 6) is 0.660. The smallest absolute Gasteiger partial charge is 0.344 e. The molecule has 0 fully saturated rings. The van der Waals surface area contributed by atoms with Crippen molar-refractivity contribution in [2.75, 3.05) is 33.2 Å². The van der Waals surface area contributed by atoms with Crippen LogP contribution in [0.4, 0.5) is 5.69 Å². The van der Waals surface area contributed by atoms with Crippen molar-refractivity contribution < 1.29 is 23.7 Å². The van der Waals surface area contributed by atoms with Gasteiger partial charge in [0.2, 0.25) is 5.75 Å². The number of carbonyl (C=O) groups excluding carboxylic acids is 1. The number of nitrogens with two attached hydrogens (primary N) is 1. The van der Waals surface area contributed by atoms with Crippen LogP contribution in [0.15, 0.2) is 12.1 Å². The molecular weight excluding hydrogens is 238 g/mol. The molecule has 0 aromatic heterocycles. The molecule has 100 valence electrons. The molecule has 2 N–H and O–H groups in total. The number of esters is 1. The molecule has 1 aromatic rings. The third-order valence-electron chi connectivity index (χ3n) is 2.12. The van der Waals surface area contributed by atoms with E-state index in [1.54, 1.807) is 19.1 Å². The van der Waals surface area contributed by atoms with Crippen LogP contribution in [0.25, 0.3) is 0 Å². The summed E-state index contributed by atoms with van der Waals surface area (Å²) in [6.45, 7) is 1.81. The SMILES string of the molecule is CCOC(=O)COc1c(OC)cc(N)cc1OC. The molecule has 1 aromatic carbocycles. The zero-order valence-electron chi connectivity index (χ0n) is 10.7. The van der Waals surface area contributed by atoms with Crippen molar-refractivity contribution in [3.8, 4) is 17.2 Å². The summed E-state index contributed by atoms with van der Waals surface area (Å²) >= 11 is 0. The van der Waals surface area contributed by atoms with E-state index in [-0.39, 0.29) is 6.61 Å². The fraction of sp³-hybridized carbons (Fsp3) is 0.417. The van der Waals surface area contributed by atoms with Gasteiger partial charge in [-0.15, -0.1) is 0 Å². The molecule has 0 amide bonds. The predicted octanol–water partition coefficient (Wildman–Crippen LogP) is 1.23. The van der Waals surface area contributed by atoms with E-state index >= 15 is 0 Å². The Morgan fingerprint density at radius 1 is 1.22 bits per heavy atom. The number of methoxy groups -OCH3 is 2. The maximum absolute atomic E-state index is 11.2. The molecule has 0 saturated heterocycles. The fourth-order valence-electron chi connectivity index (χ4n) is 1.38. The molecule has 0 heterocycles. The van der Waals surface area contributed by atoms with Gasteiger partial charge in [0.15, 0.2) is 18.1 Å². The first kappa shape index (κ1) is 14.0. The molecular formula is C12H17NO5. The second-order valence-corrected chi connectivity index (χ2v) is 3.35. The number of hydrogen-bond donors (Lipinski definition) is 1. The number of carbonyl (C=O) groups is 1. The van der Waals surface area contributed by atoms with E-state index in [1.165, 1.54) is 14.2 Å². The molecule has 0 aliphatic heterocycles. The monoisotopic (exact) mass is 255 g/mol. The van der Waals surface area contributed by atoms with E-state index in [2.05, 4.69) is 0 Å². The molecule has 0 unspecified atom stereocenters. The lowest BCUT2D eigenvalue weighted by Gasteiger charge is -2.14. The number of ether oxygens (including phenoxy) is 4. The number of benzene rings is 1. The standard InChI is InChI=1S/C12H17NO5/c1-4-17-11(14)7-18-12-9(15-2)5-8(13)6-10(12)16-3/h5-6H,4,7,13H2,1-3H3. The highest BCUT2D eigenvalue weighted by Gasteiger charge is 2.15. The van der Waals surface area contributed by atoms with E-state index in [1.807, 2.05) is 0 Å². The highest BCUT2D eigenvalue weighted by molar-refractivity contribution is 5.71. The lowest BCUT2D eigenvalue weighted by Crippen LogP contribution is -2.15. The Labute approximate surface area is 106 Å². The van der Waals surface area contributed by atoms with Gasteiger partial charge >= 0.3 is 5.97 Å². The van der Waals surface area contributed by atoms with Gasteiger partial charge in [-0.1, -0.05) is 0 Å². The predicted molar refractivity (Wildman–Crippen MR) is 66.1 cm³/mol. The second-order valence-electron chi connectivity index (χ2n) is 3.35. The van der Waals surface area contributed by atoms with Gasteiger partial charge in [0.25, 0.3) is 0 Å². The average molecular weight is 255 g/mol. The topological polar surface area (TPSA) is 80.0 Å². The van der Waals surface area contributed by atoms with Crippen molar-refractivity contribution >= 4 is 11.7 Å². The van der Waals surface area contributed by atoms with Gasteiger partial charge in [0.05, 0.1) is 20.8 Å². The van der Waals surface area contributed by atoms with Gasteiger partial charge in [-0.3, -0.25) is 0 Å². The number of anilines is 1. The molecule has 6 heteroatoms. The van der Waals surface area contributed by atoms with Crippen molar-refractivity contribution in [1.82, 2.24) is 0 Å². The number of rotatable bonds is 6. The molecule has 0 spiro atoms. The minimum Gasteiger partial charge on any atom is -0.493 e. The van der Waals surface area contributed by atoms with E-state index < -0.39 is 5.97 Å². The number of hydrogen-bond acceptors (Lipinski definition) is 6. The van der Waals surface area contributed by atoms with E-state index in [4.69, 9.17) is 24.7 Å². The Kier molecular flexibility index (Phi) is 5.10. The van der Waals surface area contributed by atoms with E-state index in [0.717, 1.165) is 0 Å². The Balaban J connectivity index is 2.88. The highest BCUT2D eigenvalue weighted by Crippen LogP contribution is 2.39. The van der Waals surface area contributed by atoms with Crippen molar-refractivity contribution in [3.05, 3.63) is 12.1 Å². The average Bonchev–Trinajstić information content (AvgIpc) is 2.36. The largest absolute Gasteiger partial charge is 0.493 e. The quantitative estimate of drug-likeness (QED) is 0.608. The third-order valence-corrected chi connectivity index (χ3v) is 2.12. The van der Waals surface area contributed by atoms with E-state index in [9.17, 15) is 4.79 Å². The van der Waals surface area contributed by atoms with Crippen LogP contribution in [0, 0.1) is 0 Å². The molecule has 18 heavy (non-hydrogen) atoms. The molecule has 0 radical (unpaired) electrons. The molecule has 0 atom stereocenters. The van der Waals surface area contributed by atoms with Crippen molar-refractivity contribution in [2.24, 2.45) is 0 Å². The summed E-state index contributed by atoms with van der Waals surface area (Å²) in [6, 6.07) is 3.17. The molecule has 0 aliphatic carbocycles. The summed E-state index contributed by atoms with van der Waals surface area (Å²) in [5, 5.41) is 0. The lowest BCUT2D eigenvalue weighted by molar-refractivity contribution is -0.145. The Hall–Kier alpha value is -2.11. The summed E-state index contributed by atoms with van der Waals surface area (Å²) in [5.41, 5.74) is 6.15. The van der Waals surface area contributed by atoms with Gasteiger partial charge in [-0.05, 0) is 6.92 Å². The highest BCUT2D eigenvalue weighted by atomic mass is 16.6. The van der Waals surface area contributed by atoms with Crippen molar-refractivity contribution in [2.45, 2.75) is 6.92 Å². The first-order valence-electron chi connectivity index (χ1n) is 5.42. The third kappa shape index (κ3) is 3.44. The van der Waals surface area contributed by atoms with Gasteiger partial charge in [-0.25, -0.2) is 4.79 Å². The first-order valence-corrected chi connectivity index (χ1v) is 5.42. The Morgan fingerprint density at radius 3 is 2.22 bits per heavy atom. The van der Waals surface area contributed by atoms with Crippen LogP contribution in [0.1, 0.15) is 6.92 Å². The van der Waals surface area contributed by atoms with Gasteiger partial charge < -0.3 is 24.7 Å². The van der Waals surface area contributed by atoms with Gasteiger partial charge in [0.1, 0.15) is 0 Å². The van der Waals surface area contributed by atoms with Crippen LogP contribution in [0.2, 0.25) is 0 Å². The second kappa shape index (κ2) is 6.58. The minimum atomic E-state index is -0.460. The van der Waals surface area contributed by atoms with Crippen LogP contribution < -0.4 is 19.9 Å². The maximum atomic E-state index is 11.2.